The third-order valence-electron chi connectivity index (χ3n) is 3.96. The molecule has 1 aliphatic heterocycles. The molecule has 2 aromatic carbocycles. The Morgan fingerprint density at radius 3 is 2.64 bits per heavy atom. The number of anilines is 2. The number of amides is 2. The zero-order chi connectivity index (χ0) is 20.1. The lowest BCUT2D eigenvalue weighted by molar-refractivity contribution is -0.121. The zero-order valence-corrected chi connectivity index (χ0v) is 16.9. The Bertz CT molecular complexity index is 856. The summed E-state index contributed by atoms with van der Waals surface area (Å²) in [5, 5.41) is 2.50. The van der Waals surface area contributed by atoms with Crippen molar-refractivity contribution in [3.05, 3.63) is 48.5 Å². The zero-order valence-electron chi connectivity index (χ0n) is 14.7. The van der Waals surface area contributed by atoms with E-state index in [1.165, 1.54) is 0 Å². The minimum atomic E-state index is -2.09. The Morgan fingerprint density at radius 1 is 1.18 bits per heavy atom. The van der Waals surface area contributed by atoms with Crippen LogP contribution in [0.2, 0.25) is 0 Å². The van der Waals surface area contributed by atoms with E-state index in [1.807, 2.05) is 30.3 Å². The largest absolute Gasteiger partial charge is 0.494 e. The standard InChI is InChI=1S/C19H17Cl3N2O4/c20-19(21,22)18(26)23-13-7-8-16-15(11-13)24(17(25)12-28-16)9-4-10-27-14-5-2-1-3-6-14/h1-3,5-8,11H,4,9-10,12H2,(H,23,26). The molecule has 0 spiro atoms. The number of carbonyl (C=O) groups is 2. The molecule has 6 nitrogen and oxygen atoms in total. The van der Waals surface area contributed by atoms with E-state index in [9.17, 15) is 9.59 Å². The number of alkyl halides is 3. The minimum absolute atomic E-state index is 0.0492. The summed E-state index contributed by atoms with van der Waals surface area (Å²) in [6, 6.07) is 14.3. The molecular formula is C19H17Cl3N2O4. The van der Waals surface area contributed by atoms with Gasteiger partial charge in [0.1, 0.15) is 11.5 Å². The molecule has 1 aliphatic rings. The third kappa shape index (κ3) is 5.22. The van der Waals surface area contributed by atoms with Gasteiger partial charge in [0.05, 0.1) is 12.3 Å². The molecule has 2 amide bonds. The second kappa shape index (κ2) is 8.90. The van der Waals surface area contributed by atoms with Gasteiger partial charge in [-0.05, 0) is 36.8 Å². The first-order valence-electron chi connectivity index (χ1n) is 8.48. The number of hydrogen-bond donors (Lipinski definition) is 1. The molecule has 0 aromatic heterocycles. The summed E-state index contributed by atoms with van der Waals surface area (Å²) < 4.78 is 9.03. The van der Waals surface area contributed by atoms with Crippen molar-refractivity contribution in [2.24, 2.45) is 0 Å². The number of carbonyl (C=O) groups excluding carboxylic acids is 2. The molecule has 0 fully saturated rings. The number of benzene rings is 2. The number of nitrogens with zero attached hydrogens (tertiary/aromatic N) is 1. The minimum Gasteiger partial charge on any atom is -0.494 e. The van der Waals surface area contributed by atoms with Crippen molar-refractivity contribution >= 4 is 58.0 Å². The fourth-order valence-corrected chi connectivity index (χ4v) is 2.80. The molecule has 3 rings (SSSR count). The van der Waals surface area contributed by atoms with E-state index in [4.69, 9.17) is 44.3 Å². The molecule has 0 atom stereocenters. The first kappa shape index (κ1) is 20.6. The summed E-state index contributed by atoms with van der Waals surface area (Å²) in [7, 11) is 0. The van der Waals surface area contributed by atoms with Crippen LogP contribution in [-0.2, 0) is 9.59 Å². The fraction of sp³-hybridized carbons (Fsp3) is 0.263. The lowest BCUT2D eigenvalue weighted by atomic mass is 10.2. The summed E-state index contributed by atoms with van der Waals surface area (Å²) in [4.78, 5) is 25.8. The Kier molecular flexibility index (Phi) is 6.54. The highest BCUT2D eigenvalue weighted by atomic mass is 35.6. The van der Waals surface area contributed by atoms with E-state index in [0.29, 0.717) is 36.7 Å². The molecule has 0 radical (unpaired) electrons. The third-order valence-corrected chi connectivity index (χ3v) is 4.47. The highest BCUT2D eigenvalue weighted by Gasteiger charge is 2.31. The van der Waals surface area contributed by atoms with Gasteiger partial charge in [0.2, 0.25) is 0 Å². The lowest BCUT2D eigenvalue weighted by Gasteiger charge is -2.30. The fourth-order valence-electron chi connectivity index (χ4n) is 2.66. The van der Waals surface area contributed by atoms with Crippen molar-refractivity contribution in [1.29, 1.82) is 0 Å². The molecule has 1 N–H and O–H groups in total. The molecular weight excluding hydrogens is 427 g/mol. The highest BCUT2D eigenvalue weighted by Crippen LogP contribution is 2.35. The van der Waals surface area contributed by atoms with Gasteiger partial charge in [-0.15, -0.1) is 0 Å². The molecule has 0 saturated heterocycles. The predicted molar refractivity (Wildman–Crippen MR) is 110 cm³/mol. The summed E-state index contributed by atoms with van der Waals surface area (Å²) in [6.07, 6.45) is 0.616. The van der Waals surface area contributed by atoms with E-state index in [-0.39, 0.29) is 12.5 Å². The molecule has 148 valence electrons. The first-order chi connectivity index (χ1) is 13.3. The van der Waals surface area contributed by atoms with Crippen molar-refractivity contribution in [3.8, 4) is 11.5 Å². The molecule has 1 heterocycles. The number of nitrogens with one attached hydrogen (secondary N) is 1. The van der Waals surface area contributed by atoms with Gasteiger partial charge in [-0.1, -0.05) is 53.0 Å². The molecule has 0 bridgehead atoms. The SMILES string of the molecule is O=C1COc2ccc(NC(=O)C(Cl)(Cl)Cl)cc2N1CCCOc1ccccc1. The van der Waals surface area contributed by atoms with Gasteiger partial charge in [0, 0.05) is 12.2 Å². The molecule has 0 saturated carbocycles. The number of halogens is 3. The van der Waals surface area contributed by atoms with E-state index < -0.39 is 9.70 Å². The Balaban J connectivity index is 1.66. The highest BCUT2D eigenvalue weighted by molar-refractivity contribution is 6.76. The van der Waals surface area contributed by atoms with Gasteiger partial charge >= 0.3 is 0 Å². The molecule has 9 heteroatoms. The molecule has 0 unspecified atom stereocenters. The second-order valence-corrected chi connectivity index (χ2v) is 8.26. The summed E-state index contributed by atoms with van der Waals surface area (Å²) in [6.45, 7) is 0.837. The number of para-hydroxylation sites is 1. The number of hydrogen-bond acceptors (Lipinski definition) is 4. The van der Waals surface area contributed by atoms with Crippen LogP contribution >= 0.6 is 34.8 Å². The van der Waals surface area contributed by atoms with E-state index in [2.05, 4.69) is 5.32 Å². The quantitative estimate of drug-likeness (QED) is 0.537. The molecule has 0 aliphatic carbocycles. The van der Waals surface area contributed by atoms with Crippen molar-refractivity contribution < 1.29 is 19.1 Å². The van der Waals surface area contributed by atoms with Gasteiger partial charge in [-0.25, -0.2) is 0 Å². The maximum absolute atomic E-state index is 12.3. The average molecular weight is 444 g/mol. The van der Waals surface area contributed by atoms with Crippen molar-refractivity contribution in [1.82, 2.24) is 0 Å². The monoisotopic (exact) mass is 442 g/mol. The van der Waals surface area contributed by atoms with Crippen LogP contribution in [0.25, 0.3) is 0 Å². The van der Waals surface area contributed by atoms with Crippen LogP contribution < -0.4 is 19.7 Å². The maximum atomic E-state index is 12.3. The topological polar surface area (TPSA) is 67.9 Å². The summed E-state index contributed by atoms with van der Waals surface area (Å²) in [5.41, 5.74) is 0.928. The van der Waals surface area contributed by atoms with Gasteiger partial charge < -0.3 is 19.7 Å². The van der Waals surface area contributed by atoms with E-state index in [1.54, 1.807) is 23.1 Å². The van der Waals surface area contributed by atoms with Crippen LogP contribution in [0.5, 0.6) is 11.5 Å². The normalized spacial score (nSPS) is 13.5. The van der Waals surface area contributed by atoms with Crippen molar-refractivity contribution in [3.63, 3.8) is 0 Å². The average Bonchev–Trinajstić information content (AvgIpc) is 2.66. The van der Waals surface area contributed by atoms with E-state index in [0.717, 1.165) is 5.75 Å². The lowest BCUT2D eigenvalue weighted by Crippen LogP contribution is -2.40. The van der Waals surface area contributed by atoms with Crippen LogP contribution in [0, 0.1) is 0 Å². The Labute approximate surface area is 177 Å². The van der Waals surface area contributed by atoms with Crippen molar-refractivity contribution in [2.75, 3.05) is 30.0 Å². The second-order valence-electron chi connectivity index (χ2n) is 5.98. The number of rotatable bonds is 6. The Hall–Kier alpha value is -2.15. The van der Waals surface area contributed by atoms with Gasteiger partial charge in [0.15, 0.2) is 6.61 Å². The van der Waals surface area contributed by atoms with Crippen LogP contribution in [-0.4, -0.2) is 35.4 Å². The molecule has 28 heavy (non-hydrogen) atoms. The smallest absolute Gasteiger partial charge is 0.276 e. The van der Waals surface area contributed by atoms with E-state index >= 15 is 0 Å². The van der Waals surface area contributed by atoms with Crippen LogP contribution in [0.15, 0.2) is 48.5 Å². The van der Waals surface area contributed by atoms with Gasteiger partial charge in [0.25, 0.3) is 15.6 Å². The summed E-state index contributed by atoms with van der Waals surface area (Å²) in [5.74, 6) is 0.337. The van der Waals surface area contributed by atoms with Gasteiger partial charge in [-0.3, -0.25) is 9.59 Å². The van der Waals surface area contributed by atoms with Crippen molar-refractivity contribution in [2.45, 2.75) is 10.2 Å². The van der Waals surface area contributed by atoms with Crippen LogP contribution in [0.3, 0.4) is 0 Å². The summed E-state index contributed by atoms with van der Waals surface area (Å²) >= 11 is 16.7. The Morgan fingerprint density at radius 2 is 1.93 bits per heavy atom. The predicted octanol–water partition coefficient (Wildman–Crippen LogP) is 4.19. The molecule has 2 aromatic rings. The number of fused-ring (bicyclic) bond motifs is 1. The van der Waals surface area contributed by atoms with Gasteiger partial charge in [-0.2, -0.15) is 0 Å². The first-order valence-corrected chi connectivity index (χ1v) is 9.61. The number of ether oxygens (including phenoxy) is 2. The van der Waals surface area contributed by atoms with Crippen LogP contribution in [0.4, 0.5) is 11.4 Å². The van der Waals surface area contributed by atoms with Crippen LogP contribution in [0.1, 0.15) is 6.42 Å². The maximum Gasteiger partial charge on any atom is 0.276 e.